The molecule has 0 atom stereocenters. The van der Waals surface area contributed by atoms with Crippen molar-refractivity contribution >= 4 is 27.3 Å². The molecular formula is C12H13N3O4S2. The SMILES string of the molecule is NS(=O)(=O)c1ccc(CCNC(=O)c2ccncc2O)s1. The van der Waals surface area contributed by atoms with Crippen LogP contribution in [0, 0.1) is 0 Å². The number of aromatic hydroxyl groups is 1. The maximum Gasteiger partial charge on any atom is 0.255 e. The summed E-state index contributed by atoms with van der Waals surface area (Å²) in [6, 6.07) is 4.50. The topological polar surface area (TPSA) is 122 Å². The fourth-order valence-electron chi connectivity index (χ4n) is 1.62. The van der Waals surface area contributed by atoms with Gasteiger partial charge in [0.15, 0.2) is 0 Å². The van der Waals surface area contributed by atoms with Crippen molar-refractivity contribution in [3.8, 4) is 5.75 Å². The minimum atomic E-state index is -3.68. The molecule has 0 spiro atoms. The van der Waals surface area contributed by atoms with E-state index in [1.165, 1.54) is 24.5 Å². The third-order valence-corrected chi connectivity index (χ3v) is 5.20. The number of nitrogens with zero attached hydrogens (tertiary/aromatic N) is 1. The van der Waals surface area contributed by atoms with Gasteiger partial charge < -0.3 is 10.4 Å². The van der Waals surface area contributed by atoms with Crippen LogP contribution in [-0.4, -0.2) is 31.0 Å². The first-order chi connectivity index (χ1) is 9.88. The average molecular weight is 327 g/mol. The van der Waals surface area contributed by atoms with Crippen LogP contribution in [0.4, 0.5) is 0 Å². The summed E-state index contributed by atoms with van der Waals surface area (Å²) in [5.41, 5.74) is 0.140. The molecular weight excluding hydrogens is 314 g/mol. The summed E-state index contributed by atoms with van der Waals surface area (Å²) in [7, 11) is -3.68. The number of hydrogen-bond acceptors (Lipinski definition) is 6. The largest absolute Gasteiger partial charge is 0.505 e. The van der Waals surface area contributed by atoms with Gasteiger partial charge in [-0.3, -0.25) is 9.78 Å². The fourth-order valence-corrected chi connectivity index (χ4v) is 3.40. The molecule has 2 heterocycles. The van der Waals surface area contributed by atoms with E-state index in [-0.39, 0.29) is 15.5 Å². The van der Waals surface area contributed by atoms with Crippen molar-refractivity contribution in [3.05, 3.63) is 41.0 Å². The van der Waals surface area contributed by atoms with Gasteiger partial charge in [0, 0.05) is 17.6 Å². The van der Waals surface area contributed by atoms with E-state index >= 15 is 0 Å². The highest BCUT2D eigenvalue weighted by atomic mass is 32.2. The van der Waals surface area contributed by atoms with Crippen LogP contribution in [0.3, 0.4) is 0 Å². The predicted molar refractivity (Wildman–Crippen MR) is 77.6 cm³/mol. The lowest BCUT2D eigenvalue weighted by Gasteiger charge is -2.05. The summed E-state index contributed by atoms with van der Waals surface area (Å²) in [6.45, 7) is 0.311. The number of hydrogen-bond donors (Lipinski definition) is 3. The normalized spacial score (nSPS) is 11.3. The maximum atomic E-state index is 11.8. The lowest BCUT2D eigenvalue weighted by Crippen LogP contribution is -2.25. The van der Waals surface area contributed by atoms with E-state index in [0.29, 0.717) is 13.0 Å². The molecule has 1 amide bonds. The lowest BCUT2D eigenvalue weighted by atomic mass is 10.2. The molecule has 21 heavy (non-hydrogen) atoms. The maximum absolute atomic E-state index is 11.8. The van der Waals surface area contributed by atoms with Crippen LogP contribution in [0.2, 0.25) is 0 Å². The van der Waals surface area contributed by atoms with Gasteiger partial charge in [0.2, 0.25) is 10.0 Å². The van der Waals surface area contributed by atoms with Crippen molar-refractivity contribution in [1.82, 2.24) is 10.3 Å². The Hall–Kier alpha value is -1.97. The molecule has 0 aromatic carbocycles. The van der Waals surface area contributed by atoms with E-state index in [9.17, 15) is 18.3 Å². The van der Waals surface area contributed by atoms with Crippen molar-refractivity contribution in [2.45, 2.75) is 10.6 Å². The van der Waals surface area contributed by atoms with Crippen molar-refractivity contribution in [2.24, 2.45) is 5.14 Å². The molecule has 4 N–H and O–H groups in total. The molecule has 0 aliphatic rings. The second-order valence-corrected chi connectivity index (χ2v) is 7.12. The monoisotopic (exact) mass is 327 g/mol. The van der Waals surface area contributed by atoms with E-state index in [4.69, 9.17) is 5.14 Å². The predicted octanol–water partition coefficient (Wildman–Crippen LogP) is 0.469. The van der Waals surface area contributed by atoms with E-state index in [0.717, 1.165) is 16.2 Å². The highest BCUT2D eigenvalue weighted by molar-refractivity contribution is 7.91. The number of amides is 1. The number of aromatic nitrogens is 1. The quantitative estimate of drug-likeness (QED) is 0.736. The molecule has 2 rings (SSSR count). The summed E-state index contributed by atoms with van der Waals surface area (Å²) in [5, 5.41) is 17.1. The van der Waals surface area contributed by atoms with E-state index < -0.39 is 15.9 Å². The average Bonchev–Trinajstić information content (AvgIpc) is 2.88. The summed E-state index contributed by atoms with van der Waals surface area (Å²) in [4.78, 5) is 16.3. The zero-order valence-corrected chi connectivity index (χ0v) is 12.4. The summed E-state index contributed by atoms with van der Waals surface area (Å²) < 4.78 is 22.4. The second-order valence-electron chi connectivity index (χ2n) is 4.16. The van der Waals surface area contributed by atoms with Gasteiger partial charge in [-0.15, -0.1) is 11.3 Å². The first kappa shape index (κ1) is 15.4. The molecule has 7 nitrogen and oxygen atoms in total. The number of nitrogens with one attached hydrogen (secondary N) is 1. The first-order valence-electron chi connectivity index (χ1n) is 5.90. The molecule has 9 heteroatoms. The number of thiophene rings is 1. The molecule has 0 unspecified atom stereocenters. The van der Waals surface area contributed by atoms with Gasteiger partial charge in [0.05, 0.1) is 11.8 Å². The van der Waals surface area contributed by atoms with Crippen LogP contribution >= 0.6 is 11.3 Å². The van der Waals surface area contributed by atoms with Gasteiger partial charge in [-0.25, -0.2) is 13.6 Å². The van der Waals surface area contributed by atoms with Gasteiger partial charge in [0.25, 0.3) is 5.91 Å². The van der Waals surface area contributed by atoms with Gasteiger partial charge in [-0.05, 0) is 24.6 Å². The third kappa shape index (κ3) is 4.00. The van der Waals surface area contributed by atoms with Crippen LogP contribution in [0.15, 0.2) is 34.8 Å². The Balaban J connectivity index is 1.92. The Labute approximate surface area is 125 Å². The van der Waals surface area contributed by atoms with E-state index in [1.54, 1.807) is 6.07 Å². The minimum Gasteiger partial charge on any atom is -0.505 e. The molecule has 0 aliphatic heterocycles. The smallest absolute Gasteiger partial charge is 0.255 e. The molecule has 0 bridgehead atoms. The first-order valence-corrected chi connectivity index (χ1v) is 8.27. The zero-order chi connectivity index (χ0) is 15.5. The number of carbonyl (C=O) groups excluding carboxylic acids is 1. The van der Waals surface area contributed by atoms with Crippen molar-refractivity contribution in [3.63, 3.8) is 0 Å². The molecule has 112 valence electrons. The second kappa shape index (κ2) is 6.20. The number of rotatable bonds is 5. The zero-order valence-electron chi connectivity index (χ0n) is 10.8. The van der Waals surface area contributed by atoms with Crippen LogP contribution in [0.1, 0.15) is 15.2 Å². The van der Waals surface area contributed by atoms with Crippen LogP contribution in [-0.2, 0) is 16.4 Å². The van der Waals surface area contributed by atoms with Gasteiger partial charge in [0.1, 0.15) is 9.96 Å². The number of primary sulfonamides is 1. The van der Waals surface area contributed by atoms with Crippen molar-refractivity contribution in [2.75, 3.05) is 6.54 Å². The fraction of sp³-hybridized carbons (Fsp3) is 0.167. The van der Waals surface area contributed by atoms with Gasteiger partial charge >= 0.3 is 0 Å². The molecule has 2 aromatic rings. The number of sulfonamides is 1. The minimum absolute atomic E-state index is 0.0932. The Bertz CT molecular complexity index is 755. The number of nitrogens with two attached hydrogens (primary N) is 1. The van der Waals surface area contributed by atoms with Crippen LogP contribution in [0.5, 0.6) is 5.75 Å². The van der Waals surface area contributed by atoms with E-state index in [2.05, 4.69) is 10.3 Å². The highest BCUT2D eigenvalue weighted by Crippen LogP contribution is 2.20. The Morgan fingerprint density at radius 3 is 2.76 bits per heavy atom. The summed E-state index contributed by atoms with van der Waals surface area (Å²) in [5.74, 6) is -0.610. The summed E-state index contributed by atoms with van der Waals surface area (Å²) >= 11 is 1.07. The Morgan fingerprint density at radius 2 is 2.14 bits per heavy atom. The summed E-state index contributed by atoms with van der Waals surface area (Å²) in [6.07, 6.45) is 3.07. The van der Waals surface area contributed by atoms with Crippen molar-refractivity contribution in [1.29, 1.82) is 0 Å². The standard InChI is InChI=1S/C12H13N3O4S2/c13-21(18,19)11-2-1-8(20-11)3-6-15-12(17)9-4-5-14-7-10(9)16/h1-2,4-5,7,16H,3,6H2,(H,15,17)(H2,13,18,19). The Morgan fingerprint density at radius 1 is 1.38 bits per heavy atom. The Kier molecular flexibility index (Phi) is 4.56. The van der Waals surface area contributed by atoms with Crippen LogP contribution in [0.25, 0.3) is 0 Å². The van der Waals surface area contributed by atoms with Crippen LogP contribution < -0.4 is 10.5 Å². The lowest BCUT2D eigenvalue weighted by molar-refractivity contribution is 0.0951. The van der Waals surface area contributed by atoms with Crippen molar-refractivity contribution < 1.29 is 18.3 Å². The molecule has 0 aliphatic carbocycles. The van der Waals surface area contributed by atoms with Gasteiger partial charge in [-0.1, -0.05) is 0 Å². The highest BCUT2D eigenvalue weighted by Gasteiger charge is 2.12. The van der Waals surface area contributed by atoms with E-state index in [1.807, 2.05) is 0 Å². The van der Waals surface area contributed by atoms with Gasteiger partial charge in [-0.2, -0.15) is 0 Å². The molecule has 0 saturated carbocycles. The molecule has 0 fully saturated rings. The molecule has 0 saturated heterocycles. The number of carbonyl (C=O) groups is 1. The molecule has 0 radical (unpaired) electrons. The third-order valence-electron chi connectivity index (χ3n) is 2.62. The number of pyridine rings is 1. The molecule has 2 aromatic heterocycles.